The number of hydrogen-bond donors (Lipinski definition) is 4. The molecule has 0 aromatic rings. The van der Waals surface area contributed by atoms with E-state index in [2.05, 4.69) is 0 Å². The van der Waals surface area contributed by atoms with Crippen molar-refractivity contribution in [3.8, 4) is 0 Å². The summed E-state index contributed by atoms with van der Waals surface area (Å²) in [6.07, 6.45) is -4.63. The van der Waals surface area contributed by atoms with Crippen molar-refractivity contribution in [2.75, 3.05) is 6.61 Å². The summed E-state index contributed by atoms with van der Waals surface area (Å²) in [5, 5.41) is 34.1. The summed E-state index contributed by atoms with van der Waals surface area (Å²) in [7, 11) is 0. The van der Waals surface area contributed by atoms with Crippen LogP contribution in [0.3, 0.4) is 0 Å². The maximum atomic E-state index is 9.76. The van der Waals surface area contributed by atoms with E-state index in [-0.39, 0.29) is 6.29 Å². The van der Waals surface area contributed by atoms with Crippen molar-refractivity contribution in [3.05, 3.63) is 0 Å². The third kappa shape index (κ3) is 2.40. The minimum Gasteiger partial charge on any atom is -0.394 e. The summed E-state index contributed by atoms with van der Waals surface area (Å²) in [6.45, 7) is -0.688. The van der Waals surface area contributed by atoms with Crippen LogP contribution in [0.15, 0.2) is 0 Å². The molecule has 3 atom stereocenters. The number of carbonyl (C=O) groups excluding carboxylic acids is 1. The van der Waals surface area contributed by atoms with E-state index < -0.39 is 24.9 Å². The minimum absolute atomic E-state index is 0.0869. The first-order valence-electron chi connectivity index (χ1n) is 2.73. The maximum Gasteiger partial charge on any atom is 0.151 e. The standard InChI is InChI=1S/C5H10O5/c6-1-3(8)5(10)4(9)2-7/h1,3-5,7-10H,2H2/t3-,4+,5+/m0/s1/i4+1. The number of rotatable bonds is 4. The topological polar surface area (TPSA) is 98.0 Å². The molecule has 0 aliphatic heterocycles. The highest BCUT2D eigenvalue weighted by molar-refractivity contribution is 5.56. The van der Waals surface area contributed by atoms with E-state index in [4.69, 9.17) is 20.4 Å². The second-order valence-electron chi connectivity index (χ2n) is 1.87. The zero-order chi connectivity index (χ0) is 8.15. The Kier molecular flexibility index (Phi) is 4.13. The van der Waals surface area contributed by atoms with Gasteiger partial charge >= 0.3 is 0 Å². The largest absolute Gasteiger partial charge is 0.394 e. The van der Waals surface area contributed by atoms with Gasteiger partial charge in [-0.05, 0) is 0 Å². The molecule has 60 valence electrons. The second-order valence-corrected chi connectivity index (χ2v) is 1.87. The lowest BCUT2D eigenvalue weighted by molar-refractivity contribution is -0.127. The van der Waals surface area contributed by atoms with Crippen molar-refractivity contribution in [1.82, 2.24) is 0 Å². The number of carbonyl (C=O) groups is 1. The first kappa shape index (κ1) is 9.51. The molecule has 0 heterocycles. The van der Waals surface area contributed by atoms with Gasteiger partial charge in [0.1, 0.15) is 18.3 Å². The fourth-order valence-electron chi connectivity index (χ4n) is 0.416. The van der Waals surface area contributed by atoms with Crippen LogP contribution in [0, 0.1) is 0 Å². The third-order valence-corrected chi connectivity index (χ3v) is 1.07. The summed E-state index contributed by atoms with van der Waals surface area (Å²) >= 11 is 0. The lowest BCUT2D eigenvalue weighted by Gasteiger charge is -2.16. The molecule has 0 spiro atoms. The summed E-state index contributed by atoms with van der Waals surface area (Å²) in [4.78, 5) is 9.76. The first-order chi connectivity index (χ1) is 4.63. The van der Waals surface area contributed by atoms with Gasteiger partial charge in [-0.3, -0.25) is 0 Å². The van der Waals surface area contributed by atoms with E-state index in [9.17, 15) is 4.79 Å². The van der Waals surface area contributed by atoms with Crippen LogP contribution in [0.25, 0.3) is 0 Å². The van der Waals surface area contributed by atoms with Crippen LogP contribution in [-0.2, 0) is 4.79 Å². The van der Waals surface area contributed by atoms with Crippen molar-refractivity contribution in [1.29, 1.82) is 0 Å². The first-order valence-corrected chi connectivity index (χ1v) is 2.73. The zero-order valence-corrected chi connectivity index (χ0v) is 5.21. The van der Waals surface area contributed by atoms with Gasteiger partial charge in [-0.2, -0.15) is 0 Å². The molecule has 0 saturated carbocycles. The highest BCUT2D eigenvalue weighted by Gasteiger charge is 2.22. The van der Waals surface area contributed by atoms with Gasteiger partial charge in [-0.1, -0.05) is 0 Å². The predicted molar refractivity (Wildman–Crippen MR) is 31.2 cm³/mol. The molecular weight excluding hydrogens is 141 g/mol. The van der Waals surface area contributed by atoms with E-state index in [1.165, 1.54) is 0 Å². The molecule has 10 heavy (non-hydrogen) atoms. The van der Waals surface area contributed by atoms with Gasteiger partial charge in [0, 0.05) is 0 Å². The van der Waals surface area contributed by atoms with Crippen LogP contribution in [0.1, 0.15) is 0 Å². The number of aliphatic hydroxyl groups excluding tert-OH is 4. The third-order valence-electron chi connectivity index (χ3n) is 1.07. The summed E-state index contributed by atoms with van der Waals surface area (Å²) in [5.41, 5.74) is 0. The molecule has 0 saturated heterocycles. The number of aldehydes is 1. The fraction of sp³-hybridized carbons (Fsp3) is 0.800. The van der Waals surface area contributed by atoms with Gasteiger partial charge in [-0.25, -0.2) is 0 Å². The normalized spacial score (nSPS) is 19.6. The highest BCUT2D eigenvalue weighted by Crippen LogP contribution is 1.96. The molecule has 0 aromatic carbocycles. The van der Waals surface area contributed by atoms with E-state index in [0.717, 1.165) is 0 Å². The zero-order valence-electron chi connectivity index (χ0n) is 5.21. The Morgan fingerprint density at radius 1 is 1.30 bits per heavy atom. The predicted octanol–water partition coefficient (Wildman–Crippen LogP) is -2.74. The summed E-state index contributed by atoms with van der Waals surface area (Å²) in [5.74, 6) is 0. The van der Waals surface area contributed by atoms with Gasteiger partial charge in [-0.15, -0.1) is 0 Å². The van der Waals surface area contributed by atoms with Gasteiger partial charge in [0.15, 0.2) is 6.29 Å². The lowest BCUT2D eigenvalue weighted by atomic mass is 10.3. The van der Waals surface area contributed by atoms with Crippen LogP contribution in [0.5, 0.6) is 0 Å². The molecule has 5 heteroatoms. The molecule has 0 rings (SSSR count). The molecule has 0 radical (unpaired) electrons. The lowest BCUT2D eigenvalue weighted by Crippen LogP contribution is -2.40. The Bertz CT molecular complexity index is 104. The molecule has 0 bridgehead atoms. The molecule has 0 aliphatic carbocycles. The van der Waals surface area contributed by atoms with Crippen molar-refractivity contribution >= 4 is 6.29 Å². The Balaban J connectivity index is 3.80. The number of aliphatic hydroxyl groups is 4. The van der Waals surface area contributed by atoms with Crippen molar-refractivity contribution in [2.45, 2.75) is 18.3 Å². The van der Waals surface area contributed by atoms with Crippen molar-refractivity contribution < 1.29 is 25.2 Å². The Morgan fingerprint density at radius 2 is 1.80 bits per heavy atom. The molecule has 5 nitrogen and oxygen atoms in total. The Labute approximate surface area is 57.5 Å². The van der Waals surface area contributed by atoms with E-state index >= 15 is 0 Å². The molecular formula is C5H10O5. The van der Waals surface area contributed by atoms with Crippen LogP contribution in [0.4, 0.5) is 0 Å². The van der Waals surface area contributed by atoms with Gasteiger partial charge in [0.2, 0.25) is 0 Å². The molecule has 4 N–H and O–H groups in total. The molecule has 0 aromatic heterocycles. The molecule has 0 amide bonds. The minimum atomic E-state index is -1.64. The van der Waals surface area contributed by atoms with Gasteiger partial charge in [0.05, 0.1) is 6.61 Å². The SMILES string of the molecule is O=C[C@H](O)[C@@H](O)[13C@H](O)CO. The van der Waals surface area contributed by atoms with E-state index in [1.54, 1.807) is 0 Å². The maximum absolute atomic E-state index is 9.76. The van der Waals surface area contributed by atoms with Crippen LogP contribution >= 0.6 is 0 Å². The molecule has 0 aliphatic rings. The molecule has 0 fully saturated rings. The summed E-state index contributed by atoms with van der Waals surface area (Å²) in [6, 6.07) is 0. The quantitative estimate of drug-likeness (QED) is 0.258. The highest BCUT2D eigenvalue weighted by atomic mass is 16.4. The van der Waals surface area contributed by atoms with Crippen LogP contribution in [-0.4, -0.2) is 51.6 Å². The van der Waals surface area contributed by atoms with Gasteiger partial charge in [0.25, 0.3) is 0 Å². The average Bonchev–Trinajstić information content (AvgIpc) is 2.00. The van der Waals surface area contributed by atoms with Crippen molar-refractivity contribution in [3.63, 3.8) is 0 Å². The van der Waals surface area contributed by atoms with E-state index in [1.807, 2.05) is 0 Å². The van der Waals surface area contributed by atoms with E-state index in [0.29, 0.717) is 0 Å². The average molecular weight is 151 g/mol. The number of hydrogen-bond acceptors (Lipinski definition) is 5. The summed E-state index contributed by atoms with van der Waals surface area (Å²) < 4.78 is 0. The van der Waals surface area contributed by atoms with Crippen molar-refractivity contribution in [2.24, 2.45) is 0 Å². The van der Waals surface area contributed by atoms with Gasteiger partial charge < -0.3 is 25.2 Å². The van der Waals surface area contributed by atoms with Crippen LogP contribution < -0.4 is 0 Å². The Hall–Kier alpha value is -0.490. The Morgan fingerprint density at radius 3 is 2.10 bits per heavy atom. The smallest absolute Gasteiger partial charge is 0.151 e. The molecule has 0 unspecified atom stereocenters. The second kappa shape index (κ2) is 4.35. The monoisotopic (exact) mass is 151 g/mol. The van der Waals surface area contributed by atoms with Crippen LogP contribution in [0.2, 0.25) is 0 Å². The fourth-order valence-corrected chi connectivity index (χ4v) is 0.416.